The van der Waals surface area contributed by atoms with Crippen molar-refractivity contribution in [1.29, 1.82) is 0 Å². The van der Waals surface area contributed by atoms with Crippen molar-refractivity contribution in [3.05, 3.63) is 64.7 Å². The van der Waals surface area contributed by atoms with E-state index in [-0.39, 0.29) is 18.6 Å². The van der Waals surface area contributed by atoms with Crippen molar-refractivity contribution in [3.63, 3.8) is 0 Å². The zero-order valence-electron chi connectivity index (χ0n) is 16.5. The van der Waals surface area contributed by atoms with E-state index >= 15 is 0 Å². The molecule has 158 valence electrons. The number of ether oxygens (including phenoxy) is 2. The minimum atomic E-state index is -0.651. The summed E-state index contributed by atoms with van der Waals surface area (Å²) >= 11 is 5.77. The molecule has 2 rings (SSSR count). The molecule has 0 heterocycles. The first kappa shape index (κ1) is 23.1. The number of benzene rings is 2. The average Bonchev–Trinajstić information content (AvgIpc) is 2.75. The highest BCUT2D eigenvalue weighted by Crippen LogP contribution is 2.13. The summed E-state index contributed by atoms with van der Waals surface area (Å²) < 4.78 is 9.91. The number of hydrogen-bond donors (Lipinski definition) is 1. The number of nitrogens with one attached hydrogen (secondary N) is 1. The Hall–Kier alpha value is -3.19. The second-order valence-electron chi connectivity index (χ2n) is 6.35. The predicted molar refractivity (Wildman–Crippen MR) is 112 cm³/mol. The number of Topliss-reactive ketones (excluding diaryl/α,β-unsaturated/α-hetero) is 1. The van der Waals surface area contributed by atoms with E-state index in [4.69, 9.17) is 21.1 Å². The van der Waals surface area contributed by atoms with Gasteiger partial charge in [-0.05, 0) is 55.0 Å². The largest absolute Gasteiger partial charge is 0.462 e. The fourth-order valence-electron chi connectivity index (χ4n) is 2.38. The first-order valence-corrected chi connectivity index (χ1v) is 9.78. The molecule has 2 aromatic rings. The zero-order valence-corrected chi connectivity index (χ0v) is 17.2. The Balaban J connectivity index is 1.72. The molecule has 7 nitrogen and oxygen atoms in total. The van der Waals surface area contributed by atoms with Crippen LogP contribution in [-0.4, -0.2) is 36.8 Å². The second kappa shape index (κ2) is 11.7. The second-order valence-corrected chi connectivity index (χ2v) is 6.79. The third kappa shape index (κ3) is 7.67. The molecular weight excluding hydrogens is 410 g/mol. The van der Waals surface area contributed by atoms with Gasteiger partial charge in [-0.1, -0.05) is 18.5 Å². The highest BCUT2D eigenvalue weighted by molar-refractivity contribution is 6.30. The van der Waals surface area contributed by atoms with Gasteiger partial charge in [0.15, 0.2) is 12.4 Å². The van der Waals surface area contributed by atoms with Gasteiger partial charge in [0.2, 0.25) is 0 Å². The first-order chi connectivity index (χ1) is 14.4. The maximum absolute atomic E-state index is 12.0. The minimum absolute atomic E-state index is 0.0301. The molecule has 0 aliphatic rings. The Bertz CT molecular complexity index is 893. The number of anilines is 1. The SMILES string of the molecule is CCCOC(=O)c1ccc(NC(=O)COC(=O)CCC(=O)c2ccc(Cl)cc2)cc1. The molecule has 0 atom stereocenters. The van der Waals surface area contributed by atoms with Crippen LogP contribution in [0.2, 0.25) is 5.02 Å². The van der Waals surface area contributed by atoms with Crippen LogP contribution < -0.4 is 5.32 Å². The third-order valence-corrected chi connectivity index (χ3v) is 4.18. The molecule has 1 amide bonds. The molecule has 30 heavy (non-hydrogen) atoms. The number of carbonyl (C=O) groups excluding carboxylic acids is 4. The van der Waals surface area contributed by atoms with Crippen LogP contribution in [0.5, 0.6) is 0 Å². The van der Waals surface area contributed by atoms with Crippen molar-refractivity contribution in [2.75, 3.05) is 18.5 Å². The van der Waals surface area contributed by atoms with Gasteiger partial charge >= 0.3 is 11.9 Å². The maximum atomic E-state index is 12.0. The summed E-state index contributed by atoms with van der Waals surface area (Å²) in [6, 6.07) is 12.5. The van der Waals surface area contributed by atoms with Crippen LogP contribution in [0.15, 0.2) is 48.5 Å². The number of esters is 2. The summed E-state index contributed by atoms with van der Waals surface area (Å²) in [5.74, 6) is -1.84. The fraction of sp³-hybridized carbons (Fsp3) is 0.273. The number of hydrogen-bond acceptors (Lipinski definition) is 6. The quantitative estimate of drug-likeness (QED) is 0.450. The molecule has 0 radical (unpaired) electrons. The van der Waals surface area contributed by atoms with E-state index < -0.39 is 24.5 Å². The molecule has 0 fully saturated rings. The summed E-state index contributed by atoms with van der Waals surface area (Å²) in [6.07, 6.45) is 0.564. The lowest BCUT2D eigenvalue weighted by Crippen LogP contribution is -2.21. The van der Waals surface area contributed by atoms with E-state index in [1.165, 1.54) is 12.1 Å². The van der Waals surface area contributed by atoms with E-state index in [9.17, 15) is 19.2 Å². The number of ketones is 1. The molecule has 0 spiro atoms. The Morgan fingerprint density at radius 1 is 0.867 bits per heavy atom. The summed E-state index contributed by atoms with van der Waals surface area (Å²) in [7, 11) is 0. The summed E-state index contributed by atoms with van der Waals surface area (Å²) in [4.78, 5) is 47.4. The van der Waals surface area contributed by atoms with Gasteiger partial charge in [0, 0.05) is 22.7 Å². The van der Waals surface area contributed by atoms with Crippen molar-refractivity contribution in [2.45, 2.75) is 26.2 Å². The lowest BCUT2D eigenvalue weighted by molar-refractivity contribution is -0.147. The van der Waals surface area contributed by atoms with E-state index in [0.29, 0.717) is 28.4 Å². The maximum Gasteiger partial charge on any atom is 0.338 e. The lowest BCUT2D eigenvalue weighted by atomic mass is 10.1. The van der Waals surface area contributed by atoms with Crippen LogP contribution in [0.25, 0.3) is 0 Å². The molecule has 0 bridgehead atoms. The smallest absolute Gasteiger partial charge is 0.338 e. The number of amides is 1. The Kier molecular flexibility index (Phi) is 9.03. The third-order valence-electron chi connectivity index (χ3n) is 3.93. The predicted octanol–water partition coefficient (Wildman–Crippen LogP) is 4.05. The summed E-state index contributed by atoms with van der Waals surface area (Å²) in [6.45, 7) is 1.76. The van der Waals surface area contributed by atoms with Crippen LogP contribution in [0.4, 0.5) is 5.69 Å². The number of carbonyl (C=O) groups is 4. The van der Waals surface area contributed by atoms with Gasteiger partial charge in [0.05, 0.1) is 18.6 Å². The Morgan fingerprint density at radius 3 is 2.13 bits per heavy atom. The normalized spacial score (nSPS) is 10.2. The van der Waals surface area contributed by atoms with Gasteiger partial charge in [0.1, 0.15) is 0 Å². The zero-order chi connectivity index (χ0) is 21.9. The van der Waals surface area contributed by atoms with Gasteiger partial charge in [-0.25, -0.2) is 4.79 Å². The van der Waals surface area contributed by atoms with Crippen molar-refractivity contribution < 1.29 is 28.7 Å². The van der Waals surface area contributed by atoms with E-state index in [1.807, 2.05) is 6.92 Å². The molecule has 0 unspecified atom stereocenters. The fourth-order valence-corrected chi connectivity index (χ4v) is 2.50. The lowest BCUT2D eigenvalue weighted by Gasteiger charge is -2.08. The summed E-state index contributed by atoms with van der Waals surface area (Å²) in [5, 5.41) is 3.07. The van der Waals surface area contributed by atoms with Crippen molar-refractivity contribution in [2.24, 2.45) is 0 Å². The highest BCUT2D eigenvalue weighted by Gasteiger charge is 2.13. The van der Waals surface area contributed by atoms with Crippen LogP contribution in [-0.2, 0) is 19.1 Å². The van der Waals surface area contributed by atoms with Crippen molar-refractivity contribution in [3.8, 4) is 0 Å². The van der Waals surface area contributed by atoms with Crippen LogP contribution in [0, 0.1) is 0 Å². The molecule has 0 aliphatic carbocycles. The number of halogens is 1. The van der Waals surface area contributed by atoms with Crippen molar-refractivity contribution >= 4 is 40.9 Å². The van der Waals surface area contributed by atoms with Crippen LogP contribution in [0.1, 0.15) is 46.9 Å². The molecule has 2 aromatic carbocycles. The average molecular weight is 432 g/mol. The van der Waals surface area contributed by atoms with E-state index in [1.54, 1.807) is 36.4 Å². The van der Waals surface area contributed by atoms with Crippen molar-refractivity contribution in [1.82, 2.24) is 0 Å². The molecule has 0 aliphatic heterocycles. The first-order valence-electron chi connectivity index (χ1n) is 9.40. The standard InChI is InChI=1S/C22H22ClNO6/c1-2-13-29-22(28)16-5-9-18(10-6-16)24-20(26)14-30-21(27)12-11-19(25)15-3-7-17(23)8-4-15/h3-10H,2,11-14H2,1H3,(H,24,26). The number of rotatable bonds is 10. The topological polar surface area (TPSA) is 98.8 Å². The van der Waals surface area contributed by atoms with Gasteiger partial charge < -0.3 is 14.8 Å². The minimum Gasteiger partial charge on any atom is -0.462 e. The Morgan fingerprint density at radius 2 is 1.50 bits per heavy atom. The molecular formula is C22H22ClNO6. The monoisotopic (exact) mass is 431 g/mol. The molecule has 0 aromatic heterocycles. The molecule has 8 heteroatoms. The van der Waals surface area contributed by atoms with Gasteiger partial charge in [-0.15, -0.1) is 0 Å². The van der Waals surface area contributed by atoms with Crippen LogP contribution >= 0.6 is 11.6 Å². The van der Waals surface area contributed by atoms with Gasteiger partial charge in [-0.3, -0.25) is 14.4 Å². The highest BCUT2D eigenvalue weighted by atomic mass is 35.5. The van der Waals surface area contributed by atoms with Crippen LogP contribution in [0.3, 0.4) is 0 Å². The van der Waals surface area contributed by atoms with E-state index in [2.05, 4.69) is 5.32 Å². The molecule has 0 saturated carbocycles. The van der Waals surface area contributed by atoms with E-state index in [0.717, 1.165) is 6.42 Å². The van der Waals surface area contributed by atoms with Gasteiger partial charge in [0.25, 0.3) is 5.91 Å². The molecule has 0 saturated heterocycles. The summed E-state index contributed by atoms with van der Waals surface area (Å²) in [5.41, 5.74) is 1.27. The van der Waals surface area contributed by atoms with Gasteiger partial charge in [-0.2, -0.15) is 0 Å². The Labute approximate surface area is 179 Å². The molecule has 1 N–H and O–H groups in total.